The van der Waals surface area contributed by atoms with Crippen molar-refractivity contribution in [3.63, 3.8) is 0 Å². The molecule has 0 saturated carbocycles. The van der Waals surface area contributed by atoms with Gasteiger partial charge in [0, 0.05) is 42.8 Å². The number of carboxylic acids is 1. The Morgan fingerprint density at radius 3 is 2.51 bits per heavy atom. The number of pyridine rings is 1. The van der Waals surface area contributed by atoms with E-state index in [-0.39, 0.29) is 5.91 Å². The second-order valence-corrected chi connectivity index (χ2v) is 7.86. The van der Waals surface area contributed by atoms with Crippen molar-refractivity contribution in [2.75, 3.05) is 18.4 Å². The summed E-state index contributed by atoms with van der Waals surface area (Å²) in [6, 6.07) is 13.4. The summed E-state index contributed by atoms with van der Waals surface area (Å²) < 4.78 is 37.9. The number of hydrogen-bond acceptors (Lipinski definition) is 7. The van der Waals surface area contributed by atoms with Crippen LogP contribution in [0.1, 0.15) is 28.0 Å². The Labute approximate surface area is 197 Å². The molecule has 182 valence electrons. The standard InChI is InChI=1S/C21H19N5O2.C2HF3O2/c27-19(15-5-4-9-22-11-15)26-10-8-21(14-26)18-16(13-28-21)12-23-20(25-18)24-17-6-2-1-3-7-17;3-2(4,5)1(6)7/h1-7,9,11-12H,8,10,13-14H2,(H,23,24,25);(H,6,7). The largest absolute Gasteiger partial charge is 0.490 e. The molecule has 1 fully saturated rings. The van der Waals surface area contributed by atoms with Crippen LogP contribution in [0.25, 0.3) is 0 Å². The van der Waals surface area contributed by atoms with E-state index in [1.165, 1.54) is 0 Å². The molecule has 2 aliphatic rings. The summed E-state index contributed by atoms with van der Waals surface area (Å²) in [5.41, 5.74) is 2.81. The number of aromatic nitrogens is 3. The molecular weight excluding hydrogens is 467 g/mol. The van der Waals surface area contributed by atoms with Crippen LogP contribution in [-0.4, -0.2) is 56.1 Å². The second-order valence-electron chi connectivity index (χ2n) is 7.86. The highest BCUT2D eigenvalue weighted by Gasteiger charge is 2.48. The van der Waals surface area contributed by atoms with Crippen molar-refractivity contribution in [1.82, 2.24) is 19.9 Å². The lowest BCUT2D eigenvalue weighted by molar-refractivity contribution is -0.192. The fraction of sp³-hybridized carbons (Fsp3) is 0.261. The highest BCUT2D eigenvalue weighted by molar-refractivity contribution is 5.94. The topological polar surface area (TPSA) is 118 Å². The molecule has 2 N–H and O–H groups in total. The van der Waals surface area contributed by atoms with Crippen LogP contribution in [0.5, 0.6) is 0 Å². The average molecular weight is 487 g/mol. The first-order valence-corrected chi connectivity index (χ1v) is 10.5. The molecule has 1 aromatic carbocycles. The van der Waals surface area contributed by atoms with Gasteiger partial charge in [-0.15, -0.1) is 0 Å². The van der Waals surface area contributed by atoms with Crippen molar-refractivity contribution in [3.05, 3.63) is 77.9 Å². The van der Waals surface area contributed by atoms with Gasteiger partial charge in [-0.3, -0.25) is 9.78 Å². The van der Waals surface area contributed by atoms with Crippen LogP contribution in [0.15, 0.2) is 61.1 Å². The highest BCUT2D eigenvalue weighted by Crippen LogP contribution is 2.42. The third kappa shape index (κ3) is 5.38. The lowest BCUT2D eigenvalue weighted by atomic mass is 9.98. The maximum Gasteiger partial charge on any atom is 0.490 e. The van der Waals surface area contributed by atoms with E-state index < -0.39 is 17.7 Å². The zero-order chi connectivity index (χ0) is 25.1. The van der Waals surface area contributed by atoms with E-state index in [4.69, 9.17) is 19.6 Å². The van der Waals surface area contributed by atoms with Crippen LogP contribution < -0.4 is 5.32 Å². The van der Waals surface area contributed by atoms with E-state index in [2.05, 4.69) is 15.3 Å². The number of alkyl halides is 3. The van der Waals surface area contributed by atoms with E-state index in [0.29, 0.717) is 37.6 Å². The number of halogens is 3. The van der Waals surface area contributed by atoms with Gasteiger partial charge in [-0.1, -0.05) is 18.2 Å². The molecule has 2 aliphatic heterocycles. The Hall–Kier alpha value is -4.06. The molecule has 1 amide bonds. The number of nitrogens with one attached hydrogen (secondary N) is 1. The van der Waals surface area contributed by atoms with Crippen molar-refractivity contribution in [2.45, 2.75) is 24.8 Å². The van der Waals surface area contributed by atoms with Crippen LogP contribution in [0.3, 0.4) is 0 Å². The van der Waals surface area contributed by atoms with Gasteiger partial charge in [0.1, 0.15) is 5.60 Å². The number of carboxylic acid groups (broad SMARTS) is 1. The SMILES string of the molecule is O=C(O)C(F)(F)F.O=C(c1cccnc1)N1CCC2(C1)OCc1cnc(Nc3ccccc3)nc12. The number of likely N-dealkylation sites (tertiary alicyclic amines) is 1. The third-order valence-corrected chi connectivity index (χ3v) is 5.50. The van der Waals surface area contributed by atoms with Gasteiger partial charge < -0.3 is 20.1 Å². The van der Waals surface area contributed by atoms with Crippen molar-refractivity contribution in [2.24, 2.45) is 0 Å². The van der Waals surface area contributed by atoms with Gasteiger partial charge in [0.2, 0.25) is 5.95 Å². The summed E-state index contributed by atoms with van der Waals surface area (Å²) in [7, 11) is 0. The molecule has 2 aromatic heterocycles. The Balaban J connectivity index is 0.000000364. The zero-order valence-corrected chi connectivity index (χ0v) is 18.2. The molecule has 4 heterocycles. The number of para-hydroxylation sites is 1. The number of aliphatic carboxylic acids is 1. The maximum atomic E-state index is 12.8. The van der Waals surface area contributed by atoms with Crippen molar-refractivity contribution in [3.8, 4) is 0 Å². The van der Waals surface area contributed by atoms with Crippen LogP contribution in [0.2, 0.25) is 0 Å². The Kier molecular flexibility index (Phi) is 6.65. The Morgan fingerprint density at radius 2 is 1.86 bits per heavy atom. The fourth-order valence-electron chi connectivity index (χ4n) is 3.84. The van der Waals surface area contributed by atoms with Gasteiger partial charge in [0.05, 0.1) is 24.4 Å². The average Bonchev–Trinajstić information content (AvgIpc) is 3.44. The molecule has 1 saturated heterocycles. The zero-order valence-electron chi connectivity index (χ0n) is 18.2. The lowest BCUT2D eigenvalue weighted by Crippen LogP contribution is -2.35. The van der Waals surface area contributed by atoms with E-state index in [9.17, 15) is 18.0 Å². The molecule has 0 bridgehead atoms. The first-order chi connectivity index (χ1) is 16.7. The molecule has 0 aliphatic carbocycles. The first kappa shape index (κ1) is 24.1. The molecule has 1 unspecified atom stereocenters. The summed E-state index contributed by atoms with van der Waals surface area (Å²) in [5, 5.41) is 10.4. The molecular formula is C23H20F3N5O4. The number of benzene rings is 1. The van der Waals surface area contributed by atoms with Crippen LogP contribution in [0.4, 0.5) is 24.8 Å². The maximum absolute atomic E-state index is 12.8. The number of rotatable bonds is 3. The van der Waals surface area contributed by atoms with Crippen LogP contribution in [0, 0.1) is 0 Å². The van der Waals surface area contributed by atoms with Gasteiger partial charge in [0.25, 0.3) is 5.91 Å². The summed E-state index contributed by atoms with van der Waals surface area (Å²) in [4.78, 5) is 36.7. The van der Waals surface area contributed by atoms with Gasteiger partial charge in [-0.25, -0.2) is 14.8 Å². The third-order valence-electron chi connectivity index (χ3n) is 5.50. The molecule has 35 heavy (non-hydrogen) atoms. The van der Waals surface area contributed by atoms with E-state index in [0.717, 1.165) is 16.9 Å². The quantitative estimate of drug-likeness (QED) is 0.576. The predicted octanol–water partition coefficient (Wildman–Crippen LogP) is 3.52. The smallest absolute Gasteiger partial charge is 0.475 e. The number of fused-ring (bicyclic) bond motifs is 2. The molecule has 1 atom stereocenters. The van der Waals surface area contributed by atoms with Gasteiger partial charge in [-0.05, 0) is 24.3 Å². The predicted molar refractivity (Wildman–Crippen MR) is 117 cm³/mol. The molecule has 0 radical (unpaired) electrons. The number of hydrogen-bond donors (Lipinski definition) is 2. The van der Waals surface area contributed by atoms with Gasteiger partial charge in [-0.2, -0.15) is 13.2 Å². The number of carbonyl (C=O) groups excluding carboxylic acids is 1. The molecule has 12 heteroatoms. The van der Waals surface area contributed by atoms with Crippen LogP contribution >= 0.6 is 0 Å². The van der Waals surface area contributed by atoms with Gasteiger partial charge >= 0.3 is 12.1 Å². The summed E-state index contributed by atoms with van der Waals surface area (Å²) in [6.07, 6.45) is 0.708. The molecule has 3 aromatic rings. The molecule has 9 nitrogen and oxygen atoms in total. The number of ether oxygens (including phenoxy) is 1. The summed E-state index contributed by atoms with van der Waals surface area (Å²) >= 11 is 0. The van der Waals surface area contributed by atoms with E-state index in [1.807, 2.05) is 41.4 Å². The van der Waals surface area contributed by atoms with Crippen LogP contribution in [-0.2, 0) is 21.7 Å². The van der Waals surface area contributed by atoms with E-state index >= 15 is 0 Å². The van der Waals surface area contributed by atoms with Crippen molar-refractivity contribution >= 4 is 23.5 Å². The number of nitrogens with zero attached hydrogens (tertiary/aromatic N) is 4. The number of anilines is 2. The minimum Gasteiger partial charge on any atom is -0.475 e. The fourth-order valence-corrected chi connectivity index (χ4v) is 3.84. The lowest BCUT2D eigenvalue weighted by Gasteiger charge is -2.24. The van der Waals surface area contributed by atoms with Gasteiger partial charge in [0.15, 0.2) is 0 Å². The normalized spacial score (nSPS) is 18.5. The van der Waals surface area contributed by atoms with E-state index in [1.54, 1.807) is 24.5 Å². The highest BCUT2D eigenvalue weighted by atomic mass is 19.4. The Morgan fingerprint density at radius 1 is 1.11 bits per heavy atom. The first-order valence-electron chi connectivity index (χ1n) is 10.5. The summed E-state index contributed by atoms with van der Waals surface area (Å²) in [6.45, 7) is 1.57. The number of carbonyl (C=O) groups is 2. The monoisotopic (exact) mass is 487 g/mol. The second kappa shape index (κ2) is 9.66. The van der Waals surface area contributed by atoms with Crippen molar-refractivity contribution in [1.29, 1.82) is 0 Å². The molecule has 1 spiro atoms. The molecule has 5 rings (SSSR count). The minimum atomic E-state index is -5.08. The Bertz CT molecular complexity index is 1210. The minimum absolute atomic E-state index is 0.0290. The van der Waals surface area contributed by atoms with Crippen molar-refractivity contribution < 1.29 is 32.6 Å². The number of amides is 1. The summed E-state index contributed by atoms with van der Waals surface area (Å²) in [5.74, 6) is -2.25.